The van der Waals surface area contributed by atoms with Crippen LogP contribution in [0.25, 0.3) is 22.4 Å². The van der Waals surface area contributed by atoms with Crippen molar-refractivity contribution in [1.29, 1.82) is 0 Å². The summed E-state index contributed by atoms with van der Waals surface area (Å²) < 4.78 is 21.9. The predicted molar refractivity (Wildman–Crippen MR) is 122 cm³/mol. The second kappa shape index (κ2) is 8.51. The summed E-state index contributed by atoms with van der Waals surface area (Å²) in [6.45, 7) is 0.585. The van der Waals surface area contributed by atoms with Crippen LogP contribution in [-0.2, 0) is 6.54 Å². The number of ketones is 1. The number of hydrogen-bond acceptors (Lipinski definition) is 7. The molecule has 0 saturated carbocycles. The van der Waals surface area contributed by atoms with E-state index in [1.54, 1.807) is 27.4 Å². The molecule has 1 aliphatic rings. The highest BCUT2D eigenvalue weighted by Crippen LogP contribution is 2.49. The van der Waals surface area contributed by atoms with Crippen LogP contribution in [0.5, 0.6) is 23.1 Å². The van der Waals surface area contributed by atoms with Crippen molar-refractivity contribution < 1.29 is 23.7 Å². The molecule has 0 spiro atoms. The van der Waals surface area contributed by atoms with Crippen molar-refractivity contribution in [2.75, 3.05) is 42.5 Å². The Hall–Kier alpha value is -3.58. The fourth-order valence-electron chi connectivity index (χ4n) is 4.12. The topological polar surface area (TPSA) is 70.1 Å². The van der Waals surface area contributed by atoms with Crippen molar-refractivity contribution in [3.8, 4) is 45.5 Å². The number of hydrogen-bond donors (Lipinski definition) is 0. The van der Waals surface area contributed by atoms with Crippen LogP contribution in [0.4, 0.5) is 0 Å². The van der Waals surface area contributed by atoms with Gasteiger partial charge in [0.1, 0.15) is 5.75 Å². The molecule has 3 aromatic rings. The molecule has 1 aliphatic carbocycles. The number of aromatic nitrogens is 1. The van der Waals surface area contributed by atoms with Gasteiger partial charge in [-0.15, -0.1) is 0 Å². The fourth-order valence-corrected chi connectivity index (χ4v) is 4.12. The van der Waals surface area contributed by atoms with E-state index in [9.17, 15) is 4.79 Å². The van der Waals surface area contributed by atoms with Crippen molar-refractivity contribution >= 4 is 5.78 Å². The summed E-state index contributed by atoms with van der Waals surface area (Å²) in [7, 11) is 10.3. The third-order valence-corrected chi connectivity index (χ3v) is 5.56. The van der Waals surface area contributed by atoms with Crippen molar-refractivity contribution in [1.82, 2.24) is 9.88 Å². The van der Waals surface area contributed by atoms with Crippen LogP contribution >= 0.6 is 0 Å². The maximum atomic E-state index is 13.5. The fraction of sp³-hybridized carbons (Fsp3) is 0.280. The molecule has 7 heteroatoms. The minimum Gasteiger partial charge on any atom is -0.497 e. The summed E-state index contributed by atoms with van der Waals surface area (Å²) in [6.07, 6.45) is 0. The number of rotatable bonds is 7. The first-order valence-electron chi connectivity index (χ1n) is 10.1. The van der Waals surface area contributed by atoms with Crippen LogP contribution in [0.3, 0.4) is 0 Å². The van der Waals surface area contributed by atoms with Crippen LogP contribution in [0.2, 0.25) is 0 Å². The molecule has 2 aromatic carbocycles. The summed E-state index contributed by atoms with van der Waals surface area (Å²) in [6, 6.07) is 11.3. The van der Waals surface area contributed by atoms with Gasteiger partial charge in [0.25, 0.3) is 0 Å². The Balaban J connectivity index is 2.06. The highest BCUT2D eigenvalue weighted by atomic mass is 16.5. The zero-order valence-electron chi connectivity index (χ0n) is 19.1. The van der Waals surface area contributed by atoms with Crippen LogP contribution in [0.1, 0.15) is 21.5 Å². The lowest BCUT2D eigenvalue weighted by atomic mass is 9.95. The summed E-state index contributed by atoms with van der Waals surface area (Å²) in [4.78, 5) is 20.3. The first-order valence-corrected chi connectivity index (χ1v) is 10.1. The van der Waals surface area contributed by atoms with Crippen molar-refractivity contribution in [3.63, 3.8) is 0 Å². The third-order valence-electron chi connectivity index (χ3n) is 5.56. The standard InChI is InChI=1S/C25H26N2O5/c1-27(2)13-18-21-16-11-19(30-4)20(31-5)12-17(16)24(28)22(21)25(32-6)26-23(18)14-7-9-15(29-3)10-8-14/h7-12H,13H2,1-6H3. The number of fused-ring (bicyclic) bond motifs is 3. The number of carbonyl (C=O) groups is 1. The summed E-state index contributed by atoms with van der Waals surface area (Å²) in [5, 5.41) is 0. The molecule has 32 heavy (non-hydrogen) atoms. The number of benzene rings is 2. The monoisotopic (exact) mass is 434 g/mol. The van der Waals surface area contributed by atoms with Gasteiger partial charge in [0.15, 0.2) is 17.3 Å². The molecule has 0 N–H and O–H groups in total. The first-order chi connectivity index (χ1) is 15.4. The molecule has 0 bridgehead atoms. The third kappa shape index (κ3) is 3.44. The SMILES string of the molecule is COc1ccc(-c2nc(OC)c3c(c2CN(C)C)-c2cc(OC)c(OC)cc2C3=O)cc1. The van der Waals surface area contributed by atoms with Crippen LogP contribution in [0, 0.1) is 0 Å². The van der Waals surface area contributed by atoms with E-state index in [1.165, 1.54) is 7.11 Å². The lowest BCUT2D eigenvalue weighted by molar-refractivity contribution is 0.103. The second-order valence-electron chi connectivity index (χ2n) is 7.75. The van der Waals surface area contributed by atoms with Gasteiger partial charge < -0.3 is 23.8 Å². The van der Waals surface area contributed by atoms with Crippen molar-refractivity contribution in [3.05, 3.63) is 53.1 Å². The van der Waals surface area contributed by atoms with E-state index in [0.29, 0.717) is 35.1 Å². The molecule has 0 amide bonds. The number of methoxy groups -OCH3 is 4. The molecule has 1 aromatic heterocycles. The van der Waals surface area contributed by atoms with Gasteiger partial charge in [-0.2, -0.15) is 0 Å². The second-order valence-corrected chi connectivity index (χ2v) is 7.75. The zero-order chi connectivity index (χ0) is 23.0. The van der Waals surface area contributed by atoms with E-state index in [2.05, 4.69) is 4.90 Å². The Kier molecular flexibility index (Phi) is 5.76. The average molecular weight is 434 g/mol. The molecule has 166 valence electrons. The highest BCUT2D eigenvalue weighted by Gasteiger charge is 2.36. The molecular weight excluding hydrogens is 408 g/mol. The number of carbonyl (C=O) groups excluding carboxylic acids is 1. The molecule has 0 radical (unpaired) electrons. The summed E-state index contributed by atoms with van der Waals surface area (Å²) in [5.74, 6) is 1.98. The van der Waals surface area contributed by atoms with Gasteiger partial charge in [-0.25, -0.2) is 4.98 Å². The Labute approximate surface area is 187 Å². The maximum absolute atomic E-state index is 13.5. The van der Waals surface area contributed by atoms with E-state index < -0.39 is 0 Å². The van der Waals surface area contributed by atoms with E-state index in [1.807, 2.05) is 44.4 Å². The molecule has 7 nitrogen and oxygen atoms in total. The number of ether oxygens (including phenoxy) is 4. The molecule has 0 fully saturated rings. The van der Waals surface area contributed by atoms with Crippen LogP contribution < -0.4 is 18.9 Å². The van der Waals surface area contributed by atoms with Gasteiger partial charge in [0, 0.05) is 28.8 Å². The molecule has 0 unspecified atom stereocenters. The van der Waals surface area contributed by atoms with E-state index >= 15 is 0 Å². The Morgan fingerprint density at radius 3 is 1.97 bits per heavy atom. The largest absolute Gasteiger partial charge is 0.497 e. The Morgan fingerprint density at radius 2 is 1.44 bits per heavy atom. The van der Waals surface area contributed by atoms with Gasteiger partial charge >= 0.3 is 0 Å². The lowest BCUT2D eigenvalue weighted by Crippen LogP contribution is -2.14. The summed E-state index contributed by atoms with van der Waals surface area (Å²) >= 11 is 0. The molecule has 0 saturated heterocycles. The Bertz CT molecular complexity index is 1190. The van der Waals surface area contributed by atoms with Gasteiger partial charge in [0.2, 0.25) is 5.88 Å². The molecule has 1 heterocycles. The summed E-state index contributed by atoms with van der Waals surface area (Å²) in [5.41, 5.74) is 5.22. The predicted octanol–water partition coefficient (Wildman–Crippen LogP) is 4.06. The molecule has 0 atom stereocenters. The maximum Gasteiger partial charge on any atom is 0.225 e. The highest BCUT2D eigenvalue weighted by molar-refractivity contribution is 6.24. The van der Waals surface area contributed by atoms with E-state index in [0.717, 1.165) is 33.7 Å². The quantitative estimate of drug-likeness (QED) is 0.434. The molecule has 0 aliphatic heterocycles. The van der Waals surface area contributed by atoms with Gasteiger partial charge in [0.05, 0.1) is 39.7 Å². The Morgan fingerprint density at radius 1 is 0.812 bits per heavy atom. The minimum atomic E-state index is -0.137. The number of nitrogens with zero attached hydrogens (tertiary/aromatic N) is 2. The van der Waals surface area contributed by atoms with E-state index in [4.69, 9.17) is 23.9 Å². The van der Waals surface area contributed by atoms with Gasteiger partial charge in [-0.05, 0) is 56.1 Å². The van der Waals surface area contributed by atoms with Gasteiger partial charge in [-0.1, -0.05) is 0 Å². The van der Waals surface area contributed by atoms with Crippen molar-refractivity contribution in [2.24, 2.45) is 0 Å². The van der Waals surface area contributed by atoms with Crippen LogP contribution in [0.15, 0.2) is 36.4 Å². The molecular formula is C25H26N2O5. The smallest absolute Gasteiger partial charge is 0.225 e. The first kappa shape index (κ1) is 21.6. The number of pyridine rings is 1. The van der Waals surface area contributed by atoms with Gasteiger partial charge in [-0.3, -0.25) is 4.79 Å². The van der Waals surface area contributed by atoms with Crippen LogP contribution in [-0.4, -0.2) is 58.2 Å². The zero-order valence-corrected chi connectivity index (χ0v) is 19.1. The average Bonchev–Trinajstić information content (AvgIpc) is 3.10. The minimum absolute atomic E-state index is 0.137. The molecule has 4 rings (SSSR count). The van der Waals surface area contributed by atoms with E-state index in [-0.39, 0.29) is 5.78 Å². The normalized spacial score (nSPS) is 11.9. The lowest BCUT2D eigenvalue weighted by Gasteiger charge is -2.20. The van der Waals surface area contributed by atoms with Crippen molar-refractivity contribution in [2.45, 2.75) is 6.54 Å².